The molecular weight excluding hydrogens is 345 g/mol. The number of nitrogens with zero attached hydrogens (tertiary/aromatic N) is 1. The standard InChI is InChI=1S/C21H24FN3O2/c1-3-15-7-9-16(10-8-15)19(17-5-4-6-18(22)13-17)24-14(2)20(26)25-12-11-23-21(25)27/h4-10,13-14,19,24H,3,11-12H2,1-2H3,(H,23,27)/t14-,19-/m0/s1. The molecule has 2 aromatic rings. The van der Waals surface area contributed by atoms with Gasteiger partial charge in [-0.15, -0.1) is 0 Å². The van der Waals surface area contributed by atoms with Gasteiger partial charge in [0.2, 0.25) is 5.91 Å². The van der Waals surface area contributed by atoms with Crippen LogP contribution in [0.5, 0.6) is 0 Å². The zero-order valence-corrected chi connectivity index (χ0v) is 15.5. The molecule has 1 aliphatic rings. The Hall–Kier alpha value is -2.73. The molecule has 6 heteroatoms. The summed E-state index contributed by atoms with van der Waals surface area (Å²) in [6, 6.07) is 13.0. The Labute approximate surface area is 158 Å². The van der Waals surface area contributed by atoms with Gasteiger partial charge in [0.15, 0.2) is 0 Å². The van der Waals surface area contributed by atoms with E-state index in [9.17, 15) is 14.0 Å². The molecule has 5 nitrogen and oxygen atoms in total. The van der Waals surface area contributed by atoms with Crippen molar-refractivity contribution < 1.29 is 14.0 Å². The molecule has 3 rings (SSSR count). The fourth-order valence-electron chi connectivity index (χ4n) is 3.25. The summed E-state index contributed by atoms with van der Waals surface area (Å²) in [6.07, 6.45) is 0.928. The average molecular weight is 369 g/mol. The molecule has 2 aromatic carbocycles. The van der Waals surface area contributed by atoms with Crippen LogP contribution < -0.4 is 10.6 Å². The number of hydrogen-bond donors (Lipinski definition) is 2. The maximum absolute atomic E-state index is 13.8. The van der Waals surface area contributed by atoms with Gasteiger partial charge in [-0.1, -0.05) is 43.3 Å². The Morgan fingerprint density at radius 3 is 2.56 bits per heavy atom. The fourth-order valence-corrected chi connectivity index (χ4v) is 3.25. The SMILES string of the molecule is CCc1ccc([C@H](N[C@@H](C)C(=O)N2CCNC2=O)c2cccc(F)c2)cc1. The Morgan fingerprint density at radius 1 is 1.22 bits per heavy atom. The van der Waals surface area contributed by atoms with Gasteiger partial charge < -0.3 is 5.32 Å². The van der Waals surface area contributed by atoms with E-state index in [2.05, 4.69) is 17.6 Å². The summed E-state index contributed by atoms with van der Waals surface area (Å²) < 4.78 is 13.8. The van der Waals surface area contributed by atoms with Gasteiger partial charge in [-0.2, -0.15) is 0 Å². The number of imide groups is 1. The minimum atomic E-state index is -0.604. The summed E-state index contributed by atoms with van der Waals surface area (Å²) in [5, 5.41) is 5.90. The van der Waals surface area contributed by atoms with Crippen LogP contribution in [-0.4, -0.2) is 36.0 Å². The summed E-state index contributed by atoms with van der Waals surface area (Å²) in [5.41, 5.74) is 2.86. The predicted molar refractivity (Wildman–Crippen MR) is 102 cm³/mol. The van der Waals surface area contributed by atoms with Crippen molar-refractivity contribution in [3.8, 4) is 0 Å². The lowest BCUT2D eigenvalue weighted by atomic mass is 9.96. The van der Waals surface area contributed by atoms with Gasteiger partial charge >= 0.3 is 6.03 Å². The highest BCUT2D eigenvalue weighted by atomic mass is 19.1. The molecule has 1 heterocycles. The number of benzene rings is 2. The lowest BCUT2D eigenvalue weighted by Gasteiger charge is -2.26. The predicted octanol–water partition coefficient (Wildman–Crippen LogP) is 3.01. The monoisotopic (exact) mass is 369 g/mol. The molecule has 3 amide bonds. The Bertz CT molecular complexity index is 822. The zero-order valence-electron chi connectivity index (χ0n) is 15.5. The van der Waals surface area contributed by atoms with Gasteiger partial charge in [-0.05, 0) is 42.2 Å². The van der Waals surface area contributed by atoms with Gasteiger partial charge in [0, 0.05) is 13.1 Å². The van der Waals surface area contributed by atoms with Crippen molar-refractivity contribution >= 4 is 11.9 Å². The molecule has 0 spiro atoms. The van der Waals surface area contributed by atoms with E-state index in [4.69, 9.17) is 0 Å². The van der Waals surface area contributed by atoms with E-state index in [0.29, 0.717) is 13.1 Å². The summed E-state index contributed by atoms with van der Waals surface area (Å²) >= 11 is 0. The van der Waals surface area contributed by atoms with E-state index < -0.39 is 6.04 Å². The molecule has 1 saturated heterocycles. The summed E-state index contributed by atoms with van der Waals surface area (Å²) in [7, 11) is 0. The van der Waals surface area contributed by atoms with Crippen molar-refractivity contribution in [1.82, 2.24) is 15.5 Å². The summed E-state index contributed by atoms with van der Waals surface area (Å²) in [6.45, 7) is 4.63. The molecule has 0 saturated carbocycles. The lowest BCUT2D eigenvalue weighted by Crippen LogP contribution is -2.47. The smallest absolute Gasteiger partial charge is 0.324 e. The van der Waals surface area contributed by atoms with Gasteiger partial charge in [-0.25, -0.2) is 9.18 Å². The van der Waals surface area contributed by atoms with Crippen molar-refractivity contribution in [1.29, 1.82) is 0 Å². The molecule has 142 valence electrons. The Balaban J connectivity index is 1.87. The third kappa shape index (κ3) is 4.34. The first kappa shape index (κ1) is 19.0. The van der Waals surface area contributed by atoms with E-state index in [1.807, 2.05) is 30.3 Å². The number of carbonyl (C=O) groups excluding carboxylic acids is 2. The molecule has 0 radical (unpaired) electrons. The Morgan fingerprint density at radius 2 is 1.96 bits per heavy atom. The van der Waals surface area contributed by atoms with Crippen LogP contribution in [0.4, 0.5) is 9.18 Å². The number of rotatable bonds is 6. The highest BCUT2D eigenvalue weighted by Gasteiger charge is 2.31. The second-order valence-corrected chi connectivity index (χ2v) is 6.69. The molecule has 2 N–H and O–H groups in total. The van der Waals surface area contributed by atoms with Gasteiger partial charge in [0.05, 0.1) is 12.1 Å². The second kappa shape index (κ2) is 8.31. The molecule has 1 fully saturated rings. The highest BCUT2D eigenvalue weighted by Crippen LogP contribution is 2.24. The number of halogens is 1. The van der Waals surface area contributed by atoms with Gasteiger partial charge in [0.25, 0.3) is 0 Å². The molecule has 1 aliphatic heterocycles. The number of hydrogen-bond acceptors (Lipinski definition) is 3. The van der Waals surface area contributed by atoms with Gasteiger partial charge in [0.1, 0.15) is 5.82 Å². The summed E-state index contributed by atoms with van der Waals surface area (Å²) in [4.78, 5) is 25.6. The molecule has 0 aliphatic carbocycles. The van der Waals surface area contributed by atoms with E-state index in [0.717, 1.165) is 17.5 Å². The molecule has 0 aromatic heterocycles. The zero-order chi connectivity index (χ0) is 19.4. The van der Waals surface area contributed by atoms with Crippen LogP contribution in [0, 0.1) is 5.82 Å². The summed E-state index contributed by atoms with van der Waals surface area (Å²) in [5.74, 6) is -0.626. The maximum atomic E-state index is 13.8. The minimum absolute atomic E-state index is 0.295. The van der Waals surface area contributed by atoms with Crippen LogP contribution in [0.25, 0.3) is 0 Å². The Kier molecular flexibility index (Phi) is 5.86. The maximum Gasteiger partial charge on any atom is 0.324 e. The number of carbonyl (C=O) groups is 2. The topological polar surface area (TPSA) is 61.4 Å². The van der Waals surface area contributed by atoms with Crippen LogP contribution >= 0.6 is 0 Å². The van der Waals surface area contributed by atoms with Crippen LogP contribution in [0.3, 0.4) is 0 Å². The first-order valence-electron chi connectivity index (χ1n) is 9.19. The van der Waals surface area contributed by atoms with Crippen molar-refractivity contribution in [2.24, 2.45) is 0 Å². The van der Waals surface area contributed by atoms with Crippen molar-refractivity contribution in [3.05, 3.63) is 71.0 Å². The molecule has 2 atom stereocenters. The largest absolute Gasteiger partial charge is 0.336 e. The third-order valence-corrected chi connectivity index (χ3v) is 4.81. The van der Waals surface area contributed by atoms with Crippen LogP contribution in [0.1, 0.15) is 36.6 Å². The number of aryl methyl sites for hydroxylation is 1. The first-order valence-corrected chi connectivity index (χ1v) is 9.19. The van der Waals surface area contributed by atoms with Crippen molar-refractivity contribution in [3.63, 3.8) is 0 Å². The molecule has 27 heavy (non-hydrogen) atoms. The first-order chi connectivity index (χ1) is 13.0. The van der Waals surface area contributed by atoms with Crippen LogP contribution in [0.15, 0.2) is 48.5 Å². The van der Waals surface area contributed by atoms with Crippen LogP contribution in [-0.2, 0) is 11.2 Å². The van der Waals surface area contributed by atoms with Crippen molar-refractivity contribution in [2.75, 3.05) is 13.1 Å². The lowest BCUT2D eigenvalue weighted by molar-refractivity contribution is -0.129. The fraction of sp³-hybridized carbons (Fsp3) is 0.333. The second-order valence-electron chi connectivity index (χ2n) is 6.69. The van der Waals surface area contributed by atoms with Crippen LogP contribution in [0.2, 0.25) is 0 Å². The van der Waals surface area contributed by atoms with E-state index >= 15 is 0 Å². The average Bonchev–Trinajstić information content (AvgIpc) is 3.11. The third-order valence-electron chi connectivity index (χ3n) is 4.81. The van der Waals surface area contributed by atoms with E-state index in [-0.39, 0.29) is 23.8 Å². The molecule has 0 bridgehead atoms. The molecular formula is C21H24FN3O2. The minimum Gasteiger partial charge on any atom is -0.336 e. The highest BCUT2D eigenvalue weighted by molar-refractivity contribution is 5.98. The number of amides is 3. The van der Waals surface area contributed by atoms with E-state index in [1.54, 1.807) is 13.0 Å². The quantitative estimate of drug-likeness (QED) is 0.823. The molecule has 0 unspecified atom stereocenters. The normalized spacial score (nSPS) is 16.1. The number of nitrogens with one attached hydrogen (secondary N) is 2. The number of urea groups is 1. The van der Waals surface area contributed by atoms with Gasteiger partial charge in [-0.3, -0.25) is 15.0 Å². The van der Waals surface area contributed by atoms with E-state index in [1.165, 1.54) is 22.6 Å². The van der Waals surface area contributed by atoms with Crippen molar-refractivity contribution in [2.45, 2.75) is 32.4 Å².